The van der Waals surface area contributed by atoms with Crippen molar-refractivity contribution in [1.29, 1.82) is 0 Å². The number of carbonyl (C=O) groups is 1. The molecule has 0 aliphatic rings. The lowest BCUT2D eigenvalue weighted by Gasteiger charge is -2.07. The summed E-state index contributed by atoms with van der Waals surface area (Å²) >= 11 is 3.39. The molecule has 1 N–H and O–H groups in total. The van der Waals surface area contributed by atoms with Gasteiger partial charge in [0.15, 0.2) is 0 Å². The maximum absolute atomic E-state index is 11.9. The molecule has 0 aliphatic heterocycles. The molecule has 1 aromatic rings. The van der Waals surface area contributed by atoms with E-state index in [4.69, 9.17) is 4.74 Å². The summed E-state index contributed by atoms with van der Waals surface area (Å²) < 4.78 is 6.12. The van der Waals surface area contributed by atoms with Crippen LogP contribution in [-0.4, -0.2) is 25.7 Å². The van der Waals surface area contributed by atoms with E-state index in [0.29, 0.717) is 25.3 Å². The Morgan fingerprint density at radius 3 is 2.94 bits per heavy atom. The number of hydrogen-bond donors (Lipinski definition) is 1. The van der Waals surface area contributed by atoms with Gasteiger partial charge in [-0.3, -0.25) is 4.79 Å². The van der Waals surface area contributed by atoms with Crippen LogP contribution in [0.15, 0.2) is 35.3 Å². The van der Waals surface area contributed by atoms with E-state index in [1.54, 1.807) is 0 Å². The summed E-state index contributed by atoms with van der Waals surface area (Å²) in [6, 6.07) is 5.66. The van der Waals surface area contributed by atoms with Crippen LogP contribution in [0.4, 0.5) is 0 Å². The first-order chi connectivity index (χ1) is 8.65. The minimum Gasteiger partial charge on any atom is -0.379 e. The molecule has 0 unspecified atom stereocenters. The van der Waals surface area contributed by atoms with E-state index in [-0.39, 0.29) is 5.91 Å². The van der Waals surface area contributed by atoms with Crippen LogP contribution in [0.25, 0.3) is 0 Å². The zero-order valence-corrected chi connectivity index (χ0v) is 12.1. The molecule has 18 heavy (non-hydrogen) atoms. The first kappa shape index (κ1) is 14.9. The van der Waals surface area contributed by atoms with Crippen molar-refractivity contribution >= 4 is 21.8 Å². The summed E-state index contributed by atoms with van der Waals surface area (Å²) in [7, 11) is 0. The Labute approximate surface area is 116 Å². The van der Waals surface area contributed by atoms with Gasteiger partial charge in [0.05, 0.1) is 18.8 Å². The monoisotopic (exact) mass is 311 g/mol. The van der Waals surface area contributed by atoms with Crippen molar-refractivity contribution in [2.45, 2.75) is 13.3 Å². The van der Waals surface area contributed by atoms with Crippen LogP contribution in [0.1, 0.15) is 22.3 Å². The molecule has 0 saturated heterocycles. The molecule has 0 spiro atoms. The van der Waals surface area contributed by atoms with Gasteiger partial charge in [-0.1, -0.05) is 12.1 Å². The molecule has 0 fully saturated rings. The minimum atomic E-state index is -0.0887. The van der Waals surface area contributed by atoms with Crippen molar-refractivity contribution in [3.05, 3.63) is 46.5 Å². The highest BCUT2D eigenvalue weighted by Gasteiger charge is 2.08. The van der Waals surface area contributed by atoms with Crippen LogP contribution >= 0.6 is 15.9 Å². The number of ether oxygens (including phenoxy) is 1. The van der Waals surface area contributed by atoms with Crippen molar-refractivity contribution < 1.29 is 9.53 Å². The molecule has 0 atom stereocenters. The van der Waals surface area contributed by atoms with Crippen molar-refractivity contribution in [2.24, 2.45) is 0 Å². The summed E-state index contributed by atoms with van der Waals surface area (Å²) in [6.45, 7) is 7.27. The Kier molecular flexibility index (Phi) is 6.68. The maximum Gasteiger partial charge on any atom is 0.252 e. The van der Waals surface area contributed by atoms with Crippen LogP contribution in [0, 0.1) is 6.92 Å². The Morgan fingerprint density at radius 1 is 1.50 bits per heavy atom. The normalized spacial score (nSPS) is 10.1. The topological polar surface area (TPSA) is 38.3 Å². The predicted molar refractivity (Wildman–Crippen MR) is 76.8 cm³/mol. The quantitative estimate of drug-likeness (QED) is 0.621. The number of halogens is 1. The molecule has 1 aromatic carbocycles. The fourth-order valence-electron chi connectivity index (χ4n) is 1.40. The standard InChI is InChI=1S/C14H18BrNO2/c1-3-4-8-18-9-7-16-14(17)12-6-5-11(2)10-13(12)15/h3,5-6,10H,1,4,7-9H2,2H3,(H,16,17). The molecular weight excluding hydrogens is 294 g/mol. The van der Waals surface area contributed by atoms with E-state index in [2.05, 4.69) is 27.8 Å². The number of aryl methyl sites for hydroxylation is 1. The highest BCUT2D eigenvalue weighted by atomic mass is 79.9. The molecule has 3 nitrogen and oxygen atoms in total. The van der Waals surface area contributed by atoms with Crippen molar-refractivity contribution in [3.63, 3.8) is 0 Å². The first-order valence-corrected chi connectivity index (χ1v) is 6.67. The van der Waals surface area contributed by atoms with Gasteiger partial charge >= 0.3 is 0 Å². The molecule has 0 heterocycles. The molecule has 1 amide bonds. The van der Waals surface area contributed by atoms with Gasteiger partial charge in [0.25, 0.3) is 5.91 Å². The summed E-state index contributed by atoms with van der Waals surface area (Å²) in [6.07, 6.45) is 2.64. The molecule has 0 radical (unpaired) electrons. The second-order valence-electron chi connectivity index (χ2n) is 3.93. The summed E-state index contributed by atoms with van der Waals surface area (Å²) in [5.74, 6) is -0.0887. The second-order valence-corrected chi connectivity index (χ2v) is 4.78. The van der Waals surface area contributed by atoms with Crippen LogP contribution in [0.2, 0.25) is 0 Å². The Bertz CT molecular complexity index is 418. The fraction of sp³-hybridized carbons (Fsp3) is 0.357. The zero-order chi connectivity index (χ0) is 13.4. The largest absolute Gasteiger partial charge is 0.379 e. The Morgan fingerprint density at radius 2 is 2.28 bits per heavy atom. The molecule has 1 rings (SSSR count). The van der Waals surface area contributed by atoms with Crippen molar-refractivity contribution in [2.75, 3.05) is 19.8 Å². The van der Waals surface area contributed by atoms with Crippen molar-refractivity contribution in [3.8, 4) is 0 Å². The van der Waals surface area contributed by atoms with Gasteiger partial charge in [0, 0.05) is 11.0 Å². The molecule has 0 aromatic heterocycles. The highest BCUT2D eigenvalue weighted by molar-refractivity contribution is 9.10. The maximum atomic E-state index is 11.9. The van der Waals surface area contributed by atoms with E-state index in [0.717, 1.165) is 16.5 Å². The predicted octanol–water partition coefficient (Wildman–Crippen LogP) is 3.08. The second kappa shape index (κ2) is 8.06. The third kappa shape index (κ3) is 5.02. The van der Waals surface area contributed by atoms with Crippen LogP contribution in [0.5, 0.6) is 0 Å². The average Bonchev–Trinajstić information content (AvgIpc) is 2.33. The van der Waals surface area contributed by atoms with E-state index < -0.39 is 0 Å². The van der Waals surface area contributed by atoms with Gasteiger partial charge in [-0.2, -0.15) is 0 Å². The molecule has 98 valence electrons. The summed E-state index contributed by atoms with van der Waals surface area (Å²) in [5, 5.41) is 2.82. The molecule has 4 heteroatoms. The number of carbonyl (C=O) groups excluding carboxylic acids is 1. The number of rotatable bonds is 7. The van der Waals surface area contributed by atoms with Crippen LogP contribution in [-0.2, 0) is 4.74 Å². The lowest BCUT2D eigenvalue weighted by atomic mass is 10.1. The average molecular weight is 312 g/mol. The van der Waals surface area contributed by atoms with Gasteiger partial charge in [-0.25, -0.2) is 0 Å². The number of amides is 1. The van der Waals surface area contributed by atoms with E-state index in [1.807, 2.05) is 31.2 Å². The van der Waals surface area contributed by atoms with E-state index in [1.165, 1.54) is 0 Å². The summed E-state index contributed by atoms with van der Waals surface area (Å²) in [5.41, 5.74) is 1.76. The number of hydrogen-bond acceptors (Lipinski definition) is 2. The molecule has 0 saturated carbocycles. The SMILES string of the molecule is C=CCCOCCNC(=O)c1ccc(C)cc1Br. The van der Waals surface area contributed by atoms with Gasteiger partial charge < -0.3 is 10.1 Å². The minimum absolute atomic E-state index is 0.0887. The fourth-order valence-corrected chi connectivity index (χ4v) is 2.08. The first-order valence-electron chi connectivity index (χ1n) is 5.88. The molecular formula is C14H18BrNO2. The van der Waals surface area contributed by atoms with Gasteiger partial charge in [0.2, 0.25) is 0 Å². The smallest absolute Gasteiger partial charge is 0.252 e. The third-order valence-electron chi connectivity index (χ3n) is 2.37. The Hall–Kier alpha value is -1.13. The zero-order valence-electron chi connectivity index (χ0n) is 10.5. The molecule has 0 bridgehead atoms. The summed E-state index contributed by atoms with van der Waals surface area (Å²) in [4.78, 5) is 11.9. The highest BCUT2D eigenvalue weighted by Crippen LogP contribution is 2.17. The van der Waals surface area contributed by atoms with Gasteiger partial charge in [0.1, 0.15) is 0 Å². The van der Waals surface area contributed by atoms with Gasteiger partial charge in [-0.15, -0.1) is 6.58 Å². The number of benzene rings is 1. The van der Waals surface area contributed by atoms with Gasteiger partial charge in [-0.05, 0) is 47.0 Å². The van der Waals surface area contributed by atoms with E-state index >= 15 is 0 Å². The third-order valence-corrected chi connectivity index (χ3v) is 3.02. The lowest BCUT2D eigenvalue weighted by Crippen LogP contribution is -2.27. The van der Waals surface area contributed by atoms with Crippen LogP contribution < -0.4 is 5.32 Å². The van der Waals surface area contributed by atoms with E-state index in [9.17, 15) is 4.79 Å². The number of nitrogens with one attached hydrogen (secondary N) is 1. The van der Waals surface area contributed by atoms with Crippen molar-refractivity contribution in [1.82, 2.24) is 5.32 Å². The lowest BCUT2D eigenvalue weighted by molar-refractivity contribution is 0.0917. The molecule has 0 aliphatic carbocycles. The Balaban J connectivity index is 2.34. The van der Waals surface area contributed by atoms with Crippen LogP contribution in [0.3, 0.4) is 0 Å².